The topological polar surface area (TPSA) is 83.0 Å². The highest BCUT2D eigenvalue weighted by molar-refractivity contribution is 6.14. The van der Waals surface area contributed by atoms with Crippen molar-refractivity contribution >= 4 is 39.3 Å². The molecule has 130 valence electrons. The standard InChI is InChI=1S/C21H15N5O/c27-21(14-7-8-16-13(10-14)4-3-9-22-16)26-19-11-15(12-23-19)20-24-17-5-1-2-6-18(17)25-20/h1-11H,12H2,(H,24,25)(H,23,26,27). The predicted molar refractivity (Wildman–Crippen MR) is 106 cm³/mol. The van der Waals surface area contributed by atoms with E-state index in [1.54, 1.807) is 12.3 Å². The molecule has 5 rings (SSSR count). The number of H-pyrrole nitrogens is 1. The van der Waals surface area contributed by atoms with Crippen molar-refractivity contribution in [2.45, 2.75) is 0 Å². The number of para-hydroxylation sites is 2. The van der Waals surface area contributed by atoms with Crippen LogP contribution in [0.25, 0.3) is 27.5 Å². The fourth-order valence-electron chi connectivity index (χ4n) is 3.16. The number of aliphatic imine (C=N–C) groups is 1. The van der Waals surface area contributed by atoms with Gasteiger partial charge in [-0.05, 0) is 42.5 Å². The van der Waals surface area contributed by atoms with E-state index >= 15 is 0 Å². The summed E-state index contributed by atoms with van der Waals surface area (Å²) in [5.41, 5.74) is 4.28. The van der Waals surface area contributed by atoms with Gasteiger partial charge in [0.15, 0.2) is 0 Å². The fourth-order valence-corrected chi connectivity index (χ4v) is 3.16. The van der Waals surface area contributed by atoms with Gasteiger partial charge in [-0.1, -0.05) is 18.2 Å². The maximum Gasteiger partial charge on any atom is 0.256 e. The van der Waals surface area contributed by atoms with Crippen molar-refractivity contribution in [1.29, 1.82) is 0 Å². The third-order valence-electron chi connectivity index (χ3n) is 4.53. The molecule has 0 spiro atoms. The zero-order chi connectivity index (χ0) is 18.2. The average Bonchev–Trinajstić information content (AvgIpc) is 3.34. The van der Waals surface area contributed by atoms with E-state index in [4.69, 9.17) is 0 Å². The Morgan fingerprint density at radius 1 is 1.04 bits per heavy atom. The van der Waals surface area contributed by atoms with Crippen molar-refractivity contribution in [3.63, 3.8) is 0 Å². The summed E-state index contributed by atoms with van der Waals surface area (Å²) in [6, 6.07) is 17.1. The van der Waals surface area contributed by atoms with Crippen LogP contribution >= 0.6 is 0 Å². The van der Waals surface area contributed by atoms with Crippen molar-refractivity contribution < 1.29 is 4.79 Å². The Balaban J connectivity index is 1.36. The van der Waals surface area contributed by atoms with Crippen LogP contribution in [-0.4, -0.2) is 33.2 Å². The van der Waals surface area contributed by atoms with E-state index < -0.39 is 0 Å². The van der Waals surface area contributed by atoms with Crippen LogP contribution in [0.15, 0.2) is 71.9 Å². The second kappa shape index (κ2) is 6.17. The van der Waals surface area contributed by atoms with E-state index in [0.29, 0.717) is 17.9 Å². The molecular weight excluding hydrogens is 338 g/mol. The second-order valence-corrected chi connectivity index (χ2v) is 6.34. The fraction of sp³-hybridized carbons (Fsp3) is 0.0476. The summed E-state index contributed by atoms with van der Waals surface area (Å²) < 4.78 is 0. The van der Waals surface area contributed by atoms with Crippen molar-refractivity contribution in [2.75, 3.05) is 6.54 Å². The lowest BCUT2D eigenvalue weighted by molar-refractivity contribution is 0.0977. The normalized spacial score (nSPS) is 13.6. The number of carbonyl (C=O) groups excluding carboxylic acids is 1. The minimum absolute atomic E-state index is 0.193. The Labute approximate surface area is 154 Å². The van der Waals surface area contributed by atoms with Gasteiger partial charge in [-0.2, -0.15) is 0 Å². The number of nitrogens with one attached hydrogen (secondary N) is 2. The largest absolute Gasteiger partial charge is 0.338 e. The molecular formula is C21H15N5O. The molecule has 4 aromatic rings. The number of fused-ring (bicyclic) bond motifs is 2. The lowest BCUT2D eigenvalue weighted by Crippen LogP contribution is -2.28. The molecule has 0 saturated carbocycles. The zero-order valence-corrected chi connectivity index (χ0v) is 14.3. The van der Waals surface area contributed by atoms with Crippen molar-refractivity contribution in [3.8, 4) is 0 Å². The molecule has 2 aromatic heterocycles. The summed E-state index contributed by atoms with van der Waals surface area (Å²) in [4.78, 5) is 29.1. The number of imidazole rings is 1. The molecule has 2 aromatic carbocycles. The summed E-state index contributed by atoms with van der Waals surface area (Å²) in [7, 11) is 0. The molecule has 1 amide bonds. The molecule has 1 aliphatic heterocycles. The predicted octanol–water partition coefficient (Wildman–Crippen LogP) is 3.34. The van der Waals surface area contributed by atoms with Gasteiger partial charge in [-0.15, -0.1) is 0 Å². The molecule has 1 aliphatic rings. The lowest BCUT2D eigenvalue weighted by atomic mass is 10.1. The van der Waals surface area contributed by atoms with Crippen LogP contribution < -0.4 is 5.32 Å². The number of pyridine rings is 1. The summed E-state index contributed by atoms with van der Waals surface area (Å²) in [5.74, 6) is 1.13. The first-order valence-electron chi connectivity index (χ1n) is 8.62. The molecule has 3 heterocycles. The molecule has 0 unspecified atom stereocenters. The molecule has 0 radical (unpaired) electrons. The van der Waals surface area contributed by atoms with E-state index in [2.05, 4.69) is 25.3 Å². The quantitative estimate of drug-likeness (QED) is 0.580. The number of rotatable bonds is 2. The number of amidine groups is 1. The molecule has 6 nitrogen and oxygen atoms in total. The minimum Gasteiger partial charge on any atom is -0.338 e. The van der Waals surface area contributed by atoms with Crippen molar-refractivity contribution in [3.05, 3.63) is 78.3 Å². The highest BCUT2D eigenvalue weighted by Crippen LogP contribution is 2.20. The minimum atomic E-state index is -0.193. The molecule has 0 aliphatic carbocycles. The van der Waals surface area contributed by atoms with Crippen LogP contribution in [0.5, 0.6) is 0 Å². The first-order valence-corrected chi connectivity index (χ1v) is 8.62. The van der Waals surface area contributed by atoms with Gasteiger partial charge < -0.3 is 10.3 Å². The van der Waals surface area contributed by atoms with Gasteiger partial charge >= 0.3 is 0 Å². The van der Waals surface area contributed by atoms with E-state index in [1.165, 1.54) is 0 Å². The molecule has 2 N–H and O–H groups in total. The Kier molecular flexibility index (Phi) is 3.53. The number of aromatic nitrogens is 3. The number of hydrogen-bond acceptors (Lipinski definition) is 4. The number of aromatic amines is 1. The molecule has 0 fully saturated rings. The maximum absolute atomic E-state index is 12.6. The van der Waals surface area contributed by atoms with Crippen molar-refractivity contribution in [1.82, 2.24) is 20.3 Å². The van der Waals surface area contributed by atoms with E-state index in [9.17, 15) is 4.79 Å². The van der Waals surface area contributed by atoms with Gasteiger partial charge in [-0.3, -0.25) is 14.8 Å². The number of nitrogens with zero attached hydrogens (tertiary/aromatic N) is 3. The van der Waals surface area contributed by atoms with Crippen LogP contribution in [0.2, 0.25) is 0 Å². The van der Waals surface area contributed by atoms with Crippen LogP contribution in [0.3, 0.4) is 0 Å². The highest BCUT2D eigenvalue weighted by Gasteiger charge is 2.16. The second-order valence-electron chi connectivity index (χ2n) is 6.34. The van der Waals surface area contributed by atoms with E-state index in [0.717, 1.165) is 33.3 Å². The molecule has 0 atom stereocenters. The SMILES string of the molecule is O=C(NC1=NCC(c2nc3ccccc3[nH]2)=C1)c1ccc2ncccc2c1. The average molecular weight is 353 g/mol. The van der Waals surface area contributed by atoms with Gasteiger partial charge in [0.1, 0.15) is 11.7 Å². The number of benzene rings is 2. The number of hydrogen-bond donors (Lipinski definition) is 2. The maximum atomic E-state index is 12.6. The van der Waals surface area contributed by atoms with Gasteiger partial charge in [-0.25, -0.2) is 4.98 Å². The smallest absolute Gasteiger partial charge is 0.256 e. The van der Waals surface area contributed by atoms with Gasteiger partial charge in [0.2, 0.25) is 0 Å². The number of carbonyl (C=O) groups is 1. The van der Waals surface area contributed by atoms with Gasteiger partial charge in [0.25, 0.3) is 5.91 Å². The van der Waals surface area contributed by atoms with Crippen LogP contribution in [0, 0.1) is 0 Å². The summed E-state index contributed by atoms with van der Waals surface area (Å²) in [6.45, 7) is 0.483. The van der Waals surface area contributed by atoms with Gasteiger partial charge in [0.05, 0.1) is 23.1 Å². The zero-order valence-electron chi connectivity index (χ0n) is 14.3. The Morgan fingerprint density at radius 2 is 1.96 bits per heavy atom. The summed E-state index contributed by atoms with van der Waals surface area (Å²) >= 11 is 0. The van der Waals surface area contributed by atoms with E-state index in [1.807, 2.05) is 54.6 Å². The third kappa shape index (κ3) is 2.87. The summed E-state index contributed by atoms with van der Waals surface area (Å²) in [5, 5.41) is 3.79. The number of amides is 1. The first-order chi connectivity index (χ1) is 13.3. The van der Waals surface area contributed by atoms with Crippen molar-refractivity contribution in [2.24, 2.45) is 4.99 Å². The Hall–Kier alpha value is -3.80. The van der Waals surface area contributed by atoms with Crippen LogP contribution in [0.4, 0.5) is 0 Å². The van der Waals surface area contributed by atoms with E-state index in [-0.39, 0.29) is 5.91 Å². The third-order valence-corrected chi connectivity index (χ3v) is 4.53. The van der Waals surface area contributed by atoms with Crippen LogP contribution in [0.1, 0.15) is 16.2 Å². The first kappa shape index (κ1) is 15.5. The summed E-state index contributed by atoms with van der Waals surface area (Å²) in [6.07, 6.45) is 3.60. The molecule has 6 heteroatoms. The Bertz CT molecular complexity index is 1220. The monoisotopic (exact) mass is 353 g/mol. The molecule has 0 saturated heterocycles. The molecule has 27 heavy (non-hydrogen) atoms. The lowest BCUT2D eigenvalue weighted by Gasteiger charge is -2.04. The van der Waals surface area contributed by atoms with Gasteiger partial charge in [0, 0.05) is 22.7 Å². The Morgan fingerprint density at radius 3 is 2.89 bits per heavy atom. The molecule has 0 bridgehead atoms. The highest BCUT2D eigenvalue weighted by atomic mass is 16.1. The van der Waals surface area contributed by atoms with Crippen LogP contribution in [-0.2, 0) is 0 Å².